The molecule has 0 unspecified atom stereocenters. The van der Waals surface area contributed by atoms with Gasteiger partial charge in [0.2, 0.25) is 0 Å². The van der Waals surface area contributed by atoms with E-state index in [-0.39, 0.29) is 6.03 Å². The van der Waals surface area contributed by atoms with Crippen LogP contribution >= 0.6 is 23.2 Å². The first-order chi connectivity index (χ1) is 11.0. The number of oxazole rings is 1. The van der Waals surface area contributed by atoms with E-state index in [1.165, 1.54) is 4.90 Å². The van der Waals surface area contributed by atoms with Crippen LogP contribution in [0.25, 0.3) is 11.1 Å². The van der Waals surface area contributed by atoms with E-state index >= 15 is 0 Å². The van der Waals surface area contributed by atoms with Crippen LogP contribution < -0.4 is 4.90 Å². The topological polar surface area (TPSA) is 52.8 Å². The van der Waals surface area contributed by atoms with Crippen LogP contribution in [0.3, 0.4) is 0 Å². The maximum atomic E-state index is 12.8. The summed E-state index contributed by atoms with van der Waals surface area (Å²) in [5.41, 5.74) is 1.33. The SMILES string of the molecule is C=C1N(c2c(Cl)cc(Cl)c3nc(C)oc23)C(=O)N2CCCCN12. The molecule has 2 saturated heterocycles. The Kier molecular flexibility index (Phi) is 3.21. The van der Waals surface area contributed by atoms with E-state index in [1.807, 2.05) is 5.01 Å². The van der Waals surface area contributed by atoms with Crippen LogP contribution in [-0.2, 0) is 0 Å². The summed E-state index contributed by atoms with van der Waals surface area (Å²) in [6.45, 7) is 7.20. The van der Waals surface area contributed by atoms with Gasteiger partial charge in [0.05, 0.1) is 10.0 Å². The van der Waals surface area contributed by atoms with Crippen LogP contribution in [-0.4, -0.2) is 34.1 Å². The Bertz CT molecular complexity index is 824. The van der Waals surface area contributed by atoms with Gasteiger partial charge in [0, 0.05) is 20.0 Å². The number of hydrazine groups is 1. The minimum absolute atomic E-state index is 0.186. The fourth-order valence-corrected chi connectivity index (χ4v) is 3.68. The van der Waals surface area contributed by atoms with E-state index in [4.69, 9.17) is 27.6 Å². The van der Waals surface area contributed by atoms with Crippen LogP contribution in [0.5, 0.6) is 0 Å². The van der Waals surface area contributed by atoms with Crippen molar-refractivity contribution in [2.45, 2.75) is 19.8 Å². The smallest absolute Gasteiger partial charge is 0.349 e. The first-order valence-corrected chi connectivity index (χ1v) is 8.07. The number of carbonyl (C=O) groups is 1. The molecule has 0 N–H and O–H groups in total. The van der Waals surface area contributed by atoms with Gasteiger partial charge < -0.3 is 4.42 Å². The summed E-state index contributed by atoms with van der Waals surface area (Å²) in [5.74, 6) is 1.02. The lowest BCUT2D eigenvalue weighted by Crippen LogP contribution is -2.43. The third kappa shape index (κ3) is 2.01. The van der Waals surface area contributed by atoms with Crippen molar-refractivity contribution in [3.63, 3.8) is 0 Å². The zero-order valence-corrected chi connectivity index (χ0v) is 14.0. The van der Waals surface area contributed by atoms with Gasteiger partial charge in [0.25, 0.3) is 0 Å². The van der Waals surface area contributed by atoms with Crippen molar-refractivity contribution in [1.82, 2.24) is 15.0 Å². The van der Waals surface area contributed by atoms with Crippen LogP contribution in [0.15, 0.2) is 22.9 Å². The van der Waals surface area contributed by atoms with E-state index in [0.29, 0.717) is 45.1 Å². The summed E-state index contributed by atoms with van der Waals surface area (Å²) in [6.07, 6.45) is 1.98. The molecule has 120 valence electrons. The summed E-state index contributed by atoms with van der Waals surface area (Å²) >= 11 is 12.6. The monoisotopic (exact) mass is 352 g/mol. The van der Waals surface area contributed by atoms with Crippen molar-refractivity contribution < 1.29 is 9.21 Å². The number of carbonyl (C=O) groups excluding carboxylic acids is 1. The van der Waals surface area contributed by atoms with Crippen LogP contribution in [0.1, 0.15) is 18.7 Å². The standard InChI is InChI=1S/C15H14Cl2N4O2/c1-8-18-12-10(16)7-11(17)13(14(12)23-8)21-9(2)19-5-3-4-6-20(19)15(21)22/h7H,2-6H2,1H3. The van der Waals surface area contributed by atoms with Crippen molar-refractivity contribution in [2.75, 3.05) is 18.0 Å². The van der Waals surface area contributed by atoms with Gasteiger partial charge in [-0.3, -0.25) is 5.01 Å². The minimum Gasteiger partial charge on any atom is -0.439 e. The zero-order valence-electron chi connectivity index (χ0n) is 12.5. The zero-order chi connectivity index (χ0) is 16.3. The fourth-order valence-electron chi connectivity index (χ4n) is 3.11. The third-order valence-corrected chi connectivity index (χ3v) is 4.70. The lowest BCUT2D eigenvalue weighted by molar-refractivity contribution is 0.0500. The number of urea groups is 1. The molecule has 2 aromatic rings. The number of hydrogen-bond donors (Lipinski definition) is 0. The van der Waals surface area contributed by atoms with Gasteiger partial charge in [-0.05, 0) is 18.9 Å². The van der Waals surface area contributed by atoms with Crippen LogP contribution in [0.2, 0.25) is 10.0 Å². The predicted molar refractivity (Wildman–Crippen MR) is 88.4 cm³/mol. The second kappa shape index (κ2) is 5.04. The molecule has 2 aliphatic rings. The largest absolute Gasteiger partial charge is 0.439 e. The number of aromatic nitrogens is 1. The van der Waals surface area contributed by atoms with Crippen molar-refractivity contribution in [2.24, 2.45) is 0 Å². The second-order valence-electron chi connectivity index (χ2n) is 5.59. The molecule has 4 rings (SSSR count). The highest BCUT2D eigenvalue weighted by atomic mass is 35.5. The average molecular weight is 353 g/mol. The van der Waals surface area contributed by atoms with E-state index in [9.17, 15) is 4.79 Å². The molecule has 0 atom stereocenters. The van der Waals surface area contributed by atoms with Crippen molar-refractivity contribution in [3.05, 3.63) is 34.4 Å². The first-order valence-electron chi connectivity index (χ1n) is 7.32. The number of fused-ring (bicyclic) bond motifs is 2. The molecule has 0 saturated carbocycles. The van der Waals surface area contributed by atoms with Gasteiger partial charge in [-0.15, -0.1) is 0 Å². The normalized spacial score (nSPS) is 18.3. The van der Waals surface area contributed by atoms with Gasteiger partial charge >= 0.3 is 6.03 Å². The fraction of sp³-hybridized carbons (Fsp3) is 0.333. The molecule has 23 heavy (non-hydrogen) atoms. The van der Waals surface area contributed by atoms with Crippen molar-refractivity contribution in [3.8, 4) is 0 Å². The number of amides is 2. The van der Waals surface area contributed by atoms with E-state index in [1.54, 1.807) is 18.0 Å². The minimum atomic E-state index is -0.186. The summed E-state index contributed by atoms with van der Waals surface area (Å²) in [4.78, 5) is 18.6. The first kappa shape index (κ1) is 14.7. The molecule has 1 aromatic heterocycles. The summed E-state index contributed by atoms with van der Waals surface area (Å²) in [5, 5.41) is 4.28. The number of aryl methyl sites for hydroxylation is 1. The summed E-state index contributed by atoms with van der Waals surface area (Å²) < 4.78 is 5.67. The molecule has 3 heterocycles. The molecular weight excluding hydrogens is 339 g/mol. The number of halogens is 2. The molecule has 2 fully saturated rings. The Balaban J connectivity index is 1.92. The van der Waals surface area contributed by atoms with Crippen molar-refractivity contribution >= 4 is 46.0 Å². The third-order valence-electron chi connectivity index (χ3n) is 4.13. The highest BCUT2D eigenvalue weighted by Gasteiger charge is 2.42. The van der Waals surface area contributed by atoms with E-state index in [0.717, 1.165) is 19.4 Å². The molecule has 0 aliphatic carbocycles. The molecule has 1 aromatic carbocycles. The maximum absolute atomic E-state index is 12.8. The van der Waals surface area contributed by atoms with Gasteiger partial charge in [-0.1, -0.05) is 29.8 Å². The predicted octanol–water partition coefficient (Wildman–Crippen LogP) is 4.17. The Hall–Kier alpha value is -1.92. The lowest BCUT2D eigenvalue weighted by Gasteiger charge is -2.32. The summed E-state index contributed by atoms with van der Waals surface area (Å²) in [6, 6.07) is 1.39. The maximum Gasteiger partial charge on any atom is 0.349 e. The highest BCUT2D eigenvalue weighted by Crippen LogP contribution is 2.43. The lowest BCUT2D eigenvalue weighted by atomic mass is 10.2. The van der Waals surface area contributed by atoms with Gasteiger partial charge in [0.15, 0.2) is 11.5 Å². The number of nitrogens with zero attached hydrogens (tertiary/aromatic N) is 4. The average Bonchev–Trinajstić information content (AvgIpc) is 3.02. The van der Waals surface area contributed by atoms with Gasteiger partial charge in [0.1, 0.15) is 17.0 Å². The Morgan fingerprint density at radius 2 is 1.91 bits per heavy atom. The molecule has 0 radical (unpaired) electrons. The number of rotatable bonds is 1. The molecule has 0 bridgehead atoms. The Labute approximate surface area is 142 Å². The number of benzene rings is 1. The van der Waals surface area contributed by atoms with Crippen molar-refractivity contribution in [1.29, 1.82) is 0 Å². The Morgan fingerprint density at radius 1 is 1.22 bits per heavy atom. The molecule has 8 heteroatoms. The van der Waals surface area contributed by atoms with Gasteiger partial charge in [-0.2, -0.15) is 0 Å². The molecular formula is C15H14Cl2N4O2. The second-order valence-corrected chi connectivity index (χ2v) is 6.40. The van der Waals surface area contributed by atoms with Crippen LogP contribution in [0.4, 0.5) is 10.5 Å². The molecule has 2 aliphatic heterocycles. The van der Waals surface area contributed by atoms with Crippen LogP contribution in [0, 0.1) is 6.92 Å². The van der Waals surface area contributed by atoms with E-state index < -0.39 is 0 Å². The Morgan fingerprint density at radius 3 is 2.61 bits per heavy atom. The quantitative estimate of drug-likeness (QED) is 0.772. The number of hydrogen-bond acceptors (Lipinski definition) is 4. The van der Waals surface area contributed by atoms with Gasteiger partial charge in [-0.25, -0.2) is 19.7 Å². The molecule has 6 nitrogen and oxygen atoms in total. The van der Waals surface area contributed by atoms with E-state index in [2.05, 4.69) is 11.6 Å². The summed E-state index contributed by atoms with van der Waals surface area (Å²) in [7, 11) is 0. The molecule has 0 spiro atoms. The highest BCUT2D eigenvalue weighted by molar-refractivity contribution is 6.41. The molecule has 2 amide bonds. The number of anilines is 1.